The molecular weight excluding hydrogens is 282 g/mol. The summed E-state index contributed by atoms with van der Waals surface area (Å²) in [6, 6.07) is 11.4. The van der Waals surface area contributed by atoms with E-state index >= 15 is 0 Å². The Hall–Kier alpha value is -2.82. The first kappa shape index (κ1) is 14.1. The lowest BCUT2D eigenvalue weighted by Gasteiger charge is -2.31. The van der Waals surface area contributed by atoms with Crippen molar-refractivity contribution in [3.63, 3.8) is 0 Å². The summed E-state index contributed by atoms with van der Waals surface area (Å²) >= 11 is 0. The van der Waals surface area contributed by atoms with Crippen LogP contribution in [0.5, 0.6) is 11.5 Å². The molecule has 1 aliphatic heterocycles. The van der Waals surface area contributed by atoms with E-state index in [1.165, 1.54) is 6.07 Å². The van der Waals surface area contributed by atoms with Gasteiger partial charge in [-0.15, -0.1) is 0 Å². The van der Waals surface area contributed by atoms with Crippen LogP contribution in [0, 0.1) is 10.1 Å². The highest BCUT2D eigenvalue weighted by molar-refractivity contribution is 5.85. The van der Waals surface area contributed by atoms with Gasteiger partial charge in [-0.2, -0.15) is 0 Å². The minimum absolute atomic E-state index is 0.0445. The molecule has 5 heteroatoms. The van der Waals surface area contributed by atoms with Crippen molar-refractivity contribution in [1.82, 2.24) is 0 Å². The molecule has 0 unspecified atom stereocenters. The number of nitro benzene ring substituents is 1. The second kappa shape index (κ2) is 4.87. The second-order valence-corrected chi connectivity index (χ2v) is 5.75. The fourth-order valence-corrected chi connectivity index (χ4v) is 2.58. The summed E-state index contributed by atoms with van der Waals surface area (Å²) in [6.07, 6.45) is 1.94. The highest BCUT2D eigenvalue weighted by Gasteiger charge is 2.28. The number of hydrogen-bond acceptors (Lipinski definition) is 4. The number of fused-ring (bicyclic) bond motifs is 1. The Balaban J connectivity index is 2.18. The maximum absolute atomic E-state index is 11.0. The van der Waals surface area contributed by atoms with Gasteiger partial charge in [0.05, 0.1) is 4.92 Å². The van der Waals surface area contributed by atoms with Crippen LogP contribution in [0.2, 0.25) is 0 Å². The number of benzene rings is 2. The topological polar surface area (TPSA) is 72.6 Å². The summed E-state index contributed by atoms with van der Waals surface area (Å²) in [5.41, 5.74) is 1.88. The minimum Gasteiger partial charge on any atom is -0.508 e. The predicted octanol–water partition coefficient (Wildman–Crippen LogP) is 3.90. The largest absolute Gasteiger partial charge is 0.508 e. The van der Waals surface area contributed by atoms with Crippen molar-refractivity contribution in [2.24, 2.45) is 0 Å². The molecule has 1 aliphatic rings. The molecule has 112 valence electrons. The Morgan fingerprint density at radius 1 is 1.18 bits per heavy atom. The SMILES string of the molecule is CC1(C)C=C(c2cccc([N+](=O)[O-])c2)c2ccc(O)cc2O1. The third-order valence-corrected chi connectivity index (χ3v) is 3.49. The second-order valence-electron chi connectivity index (χ2n) is 5.75. The first-order valence-corrected chi connectivity index (χ1v) is 6.86. The first-order valence-electron chi connectivity index (χ1n) is 6.86. The average molecular weight is 297 g/mol. The van der Waals surface area contributed by atoms with Crippen LogP contribution in [0.25, 0.3) is 5.57 Å². The molecule has 1 heterocycles. The van der Waals surface area contributed by atoms with Gasteiger partial charge in [-0.05, 0) is 43.2 Å². The van der Waals surface area contributed by atoms with E-state index in [-0.39, 0.29) is 11.4 Å². The van der Waals surface area contributed by atoms with Crippen LogP contribution in [0.4, 0.5) is 5.69 Å². The fourth-order valence-electron chi connectivity index (χ4n) is 2.58. The molecule has 0 amide bonds. The maximum Gasteiger partial charge on any atom is 0.270 e. The summed E-state index contributed by atoms with van der Waals surface area (Å²) in [7, 11) is 0. The maximum atomic E-state index is 11.0. The van der Waals surface area contributed by atoms with Gasteiger partial charge in [-0.3, -0.25) is 10.1 Å². The number of rotatable bonds is 2. The van der Waals surface area contributed by atoms with E-state index in [0.29, 0.717) is 5.75 Å². The van der Waals surface area contributed by atoms with Gasteiger partial charge in [0.1, 0.15) is 17.1 Å². The molecule has 0 spiro atoms. The van der Waals surface area contributed by atoms with E-state index in [4.69, 9.17) is 4.74 Å². The molecule has 0 radical (unpaired) electrons. The van der Waals surface area contributed by atoms with Gasteiger partial charge >= 0.3 is 0 Å². The standard InChI is InChI=1S/C17H15NO4/c1-17(2)10-15(11-4-3-5-12(8-11)18(20)21)14-7-6-13(19)9-16(14)22-17/h3-10,19H,1-2H3. The summed E-state index contributed by atoms with van der Waals surface area (Å²) in [5.74, 6) is 0.684. The van der Waals surface area contributed by atoms with Crippen molar-refractivity contribution < 1.29 is 14.8 Å². The van der Waals surface area contributed by atoms with Gasteiger partial charge in [0.15, 0.2) is 0 Å². The number of hydrogen-bond donors (Lipinski definition) is 1. The Bertz CT molecular complexity index is 793. The molecule has 0 saturated carbocycles. The number of phenolic OH excluding ortho intramolecular Hbond substituents is 1. The van der Waals surface area contributed by atoms with Crippen LogP contribution >= 0.6 is 0 Å². The predicted molar refractivity (Wildman–Crippen MR) is 83.0 cm³/mol. The number of nitro groups is 1. The molecule has 2 aromatic rings. The Morgan fingerprint density at radius 2 is 1.95 bits per heavy atom. The van der Waals surface area contributed by atoms with E-state index < -0.39 is 10.5 Å². The third kappa shape index (κ3) is 2.53. The molecule has 0 bridgehead atoms. The van der Waals surface area contributed by atoms with Crippen LogP contribution in [-0.2, 0) is 0 Å². The van der Waals surface area contributed by atoms with Crippen molar-refractivity contribution >= 4 is 11.3 Å². The van der Waals surface area contributed by atoms with E-state index in [1.807, 2.05) is 26.0 Å². The van der Waals surface area contributed by atoms with Gasteiger partial charge in [-0.25, -0.2) is 0 Å². The van der Waals surface area contributed by atoms with Crippen molar-refractivity contribution in [1.29, 1.82) is 0 Å². The van der Waals surface area contributed by atoms with Gasteiger partial charge in [0.2, 0.25) is 0 Å². The van der Waals surface area contributed by atoms with Crippen LogP contribution < -0.4 is 4.74 Å². The zero-order valence-corrected chi connectivity index (χ0v) is 12.2. The molecule has 0 aliphatic carbocycles. The lowest BCUT2D eigenvalue weighted by molar-refractivity contribution is -0.384. The van der Waals surface area contributed by atoms with Crippen LogP contribution in [0.15, 0.2) is 48.5 Å². The van der Waals surface area contributed by atoms with Crippen molar-refractivity contribution in [3.8, 4) is 11.5 Å². The summed E-state index contributed by atoms with van der Waals surface area (Å²) in [5, 5.41) is 20.6. The average Bonchev–Trinajstić information content (AvgIpc) is 2.45. The van der Waals surface area contributed by atoms with Crippen LogP contribution in [0.3, 0.4) is 0 Å². The lowest BCUT2D eigenvalue weighted by atomic mass is 9.90. The van der Waals surface area contributed by atoms with Crippen molar-refractivity contribution in [2.45, 2.75) is 19.4 Å². The Kier molecular flexibility index (Phi) is 3.13. The van der Waals surface area contributed by atoms with Crippen molar-refractivity contribution in [2.75, 3.05) is 0 Å². The zero-order chi connectivity index (χ0) is 15.9. The Morgan fingerprint density at radius 3 is 2.68 bits per heavy atom. The number of aromatic hydroxyl groups is 1. The summed E-state index contributed by atoms with van der Waals surface area (Å²) < 4.78 is 5.86. The molecule has 0 saturated heterocycles. The molecular formula is C17H15NO4. The quantitative estimate of drug-likeness (QED) is 0.674. The monoisotopic (exact) mass is 297 g/mol. The van der Waals surface area contributed by atoms with Gasteiger partial charge in [-0.1, -0.05) is 12.1 Å². The smallest absolute Gasteiger partial charge is 0.270 e. The fraction of sp³-hybridized carbons (Fsp3) is 0.176. The normalized spacial score (nSPS) is 15.5. The number of non-ortho nitro benzene ring substituents is 1. The first-order chi connectivity index (χ1) is 10.4. The lowest BCUT2D eigenvalue weighted by Crippen LogP contribution is -2.29. The molecule has 3 rings (SSSR count). The number of ether oxygens (including phenoxy) is 1. The van der Waals surface area contributed by atoms with Crippen molar-refractivity contribution in [3.05, 3.63) is 69.8 Å². The minimum atomic E-state index is -0.569. The molecule has 0 atom stereocenters. The van der Waals surface area contributed by atoms with E-state index in [2.05, 4.69) is 0 Å². The van der Waals surface area contributed by atoms with E-state index in [9.17, 15) is 15.2 Å². The molecule has 5 nitrogen and oxygen atoms in total. The molecule has 0 fully saturated rings. The zero-order valence-electron chi connectivity index (χ0n) is 12.2. The molecule has 2 aromatic carbocycles. The Labute approximate surface area is 127 Å². The van der Waals surface area contributed by atoms with Gasteiger partial charge < -0.3 is 9.84 Å². The van der Waals surface area contributed by atoms with Crippen LogP contribution in [0.1, 0.15) is 25.0 Å². The van der Waals surface area contributed by atoms with E-state index in [0.717, 1.165) is 16.7 Å². The summed E-state index contributed by atoms with van der Waals surface area (Å²) in [4.78, 5) is 10.6. The third-order valence-electron chi connectivity index (χ3n) is 3.49. The molecule has 22 heavy (non-hydrogen) atoms. The molecule has 0 aromatic heterocycles. The summed E-state index contributed by atoms with van der Waals surface area (Å²) in [6.45, 7) is 3.80. The van der Waals surface area contributed by atoms with Gasteiger partial charge in [0, 0.05) is 23.8 Å². The molecule has 1 N–H and O–H groups in total. The van der Waals surface area contributed by atoms with Gasteiger partial charge in [0.25, 0.3) is 5.69 Å². The highest BCUT2D eigenvalue weighted by Crippen LogP contribution is 2.41. The van der Waals surface area contributed by atoms with Crippen LogP contribution in [-0.4, -0.2) is 15.6 Å². The van der Waals surface area contributed by atoms with E-state index in [1.54, 1.807) is 30.3 Å². The number of phenols is 1. The number of nitrogens with zero attached hydrogens (tertiary/aromatic N) is 1. The highest BCUT2D eigenvalue weighted by atomic mass is 16.6.